The zero-order valence-corrected chi connectivity index (χ0v) is 6.71. The smallest absolute Gasteiger partial charge is 0.00367 e. The van der Waals surface area contributed by atoms with Gasteiger partial charge < -0.3 is 0 Å². The van der Waals surface area contributed by atoms with Crippen LogP contribution in [0.15, 0.2) is 0 Å². The molecule has 1 saturated carbocycles. The van der Waals surface area contributed by atoms with Crippen LogP contribution in [0, 0.1) is 5.92 Å². The lowest BCUT2D eigenvalue weighted by atomic mass is 10.1. The standard InChI is InChI=1S/C7H12Br/c8-6-5-7-3-1-2-4-7/h1-6H2. The van der Waals surface area contributed by atoms with Crippen molar-refractivity contribution in [1.29, 1.82) is 0 Å². The summed E-state index contributed by atoms with van der Waals surface area (Å²) < 4.78 is 0. The fraction of sp³-hybridized carbons (Fsp3) is 0.857. The molecular weight excluding hydrogens is 164 g/mol. The van der Waals surface area contributed by atoms with Crippen molar-refractivity contribution >= 4 is 15.9 Å². The summed E-state index contributed by atoms with van der Waals surface area (Å²) in [6.45, 7) is 0. The summed E-state index contributed by atoms with van der Waals surface area (Å²) in [5.74, 6) is 1.78. The van der Waals surface area contributed by atoms with E-state index in [1.54, 1.807) is 5.92 Å². The molecule has 8 heavy (non-hydrogen) atoms. The number of hydrogen-bond donors (Lipinski definition) is 0. The summed E-state index contributed by atoms with van der Waals surface area (Å²) in [6.07, 6.45) is 7.03. The molecule has 1 aliphatic carbocycles. The molecule has 0 nitrogen and oxygen atoms in total. The zero-order chi connectivity index (χ0) is 5.82. The van der Waals surface area contributed by atoms with Crippen LogP contribution in [-0.4, -0.2) is 5.33 Å². The van der Waals surface area contributed by atoms with Crippen molar-refractivity contribution in [2.24, 2.45) is 0 Å². The number of rotatable bonds is 2. The van der Waals surface area contributed by atoms with E-state index in [2.05, 4.69) is 15.9 Å². The van der Waals surface area contributed by atoms with E-state index in [1.165, 1.54) is 37.4 Å². The van der Waals surface area contributed by atoms with Gasteiger partial charge in [0.25, 0.3) is 0 Å². The summed E-state index contributed by atoms with van der Waals surface area (Å²) in [6, 6.07) is 0. The Hall–Kier alpha value is 0.480. The predicted octanol–water partition coefficient (Wildman–Crippen LogP) is 2.92. The van der Waals surface area contributed by atoms with Gasteiger partial charge in [0, 0.05) is 5.33 Å². The SMILES string of the molecule is BrCC[C]1CCCC1. The fourth-order valence-electron chi connectivity index (χ4n) is 1.26. The fourth-order valence-corrected chi connectivity index (χ4v) is 1.82. The normalized spacial score (nSPS) is 22.1. The molecule has 47 valence electrons. The largest absolute Gasteiger partial charge is 0.0928 e. The Balaban J connectivity index is 2.06. The molecule has 0 aliphatic heterocycles. The van der Waals surface area contributed by atoms with Crippen molar-refractivity contribution < 1.29 is 0 Å². The lowest BCUT2D eigenvalue weighted by Crippen LogP contribution is -1.88. The first-order chi connectivity index (χ1) is 3.93. The second-order valence-electron chi connectivity index (χ2n) is 2.40. The average Bonchev–Trinajstić information content (AvgIpc) is 2.19. The van der Waals surface area contributed by atoms with Gasteiger partial charge in [0.1, 0.15) is 0 Å². The van der Waals surface area contributed by atoms with E-state index in [9.17, 15) is 0 Å². The molecule has 0 saturated heterocycles. The average molecular weight is 176 g/mol. The van der Waals surface area contributed by atoms with Crippen LogP contribution in [-0.2, 0) is 0 Å². The number of alkyl halides is 1. The van der Waals surface area contributed by atoms with Crippen LogP contribution < -0.4 is 0 Å². The molecule has 0 atom stereocenters. The van der Waals surface area contributed by atoms with E-state index < -0.39 is 0 Å². The summed E-state index contributed by atoms with van der Waals surface area (Å²) in [4.78, 5) is 0. The highest BCUT2D eigenvalue weighted by Gasteiger charge is 2.13. The van der Waals surface area contributed by atoms with Gasteiger partial charge in [-0.25, -0.2) is 0 Å². The molecule has 1 radical (unpaired) electrons. The second-order valence-corrected chi connectivity index (χ2v) is 3.19. The highest BCUT2D eigenvalue weighted by atomic mass is 79.9. The molecule has 0 aromatic rings. The molecule has 1 fully saturated rings. The molecule has 0 N–H and O–H groups in total. The molecule has 0 bridgehead atoms. The Morgan fingerprint density at radius 2 is 1.88 bits per heavy atom. The van der Waals surface area contributed by atoms with Crippen molar-refractivity contribution in [2.45, 2.75) is 32.1 Å². The quantitative estimate of drug-likeness (QED) is 0.567. The lowest BCUT2D eigenvalue weighted by Gasteiger charge is -2.01. The van der Waals surface area contributed by atoms with Gasteiger partial charge in [0.15, 0.2) is 0 Å². The van der Waals surface area contributed by atoms with Crippen molar-refractivity contribution in [3.05, 3.63) is 5.92 Å². The molecule has 0 amide bonds. The van der Waals surface area contributed by atoms with Gasteiger partial charge in [-0.05, 0) is 25.2 Å². The van der Waals surface area contributed by atoms with Crippen molar-refractivity contribution in [3.8, 4) is 0 Å². The summed E-state index contributed by atoms with van der Waals surface area (Å²) in [5.41, 5.74) is 0. The van der Waals surface area contributed by atoms with E-state index in [0.29, 0.717) is 0 Å². The van der Waals surface area contributed by atoms with Gasteiger partial charge in [-0.3, -0.25) is 0 Å². The van der Waals surface area contributed by atoms with Gasteiger partial charge >= 0.3 is 0 Å². The number of halogens is 1. The molecule has 0 spiro atoms. The Kier molecular flexibility index (Phi) is 2.88. The minimum atomic E-state index is 1.17. The van der Waals surface area contributed by atoms with Crippen molar-refractivity contribution in [1.82, 2.24) is 0 Å². The maximum atomic E-state index is 3.44. The van der Waals surface area contributed by atoms with E-state index in [1.807, 2.05) is 0 Å². The van der Waals surface area contributed by atoms with E-state index >= 15 is 0 Å². The molecule has 1 rings (SSSR count). The molecule has 0 aromatic heterocycles. The summed E-state index contributed by atoms with van der Waals surface area (Å²) in [7, 11) is 0. The summed E-state index contributed by atoms with van der Waals surface area (Å²) >= 11 is 3.44. The Labute approximate surface area is 59.8 Å². The van der Waals surface area contributed by atoms with Gasteiger partial charge in [0.05, 0.1) is 0 Å². The van der Waals surface area contributed by atoms with Crippen LogP contribution in [0.4, 0.5) is 0 Å². The predicted molar refractivity (Wildman–Crippen MR) is 40.1 cm³/mol. The van der Waals surface area contributed by atoms with E-state index in [0.717, 1.165) is 0 Å². The van der Waals surface area contributed by atoms with Crippen molar-refractivity contribution in [2.75, 3.05) is 5.33 Å². The number of hydrogen-bond acceptors (Lipinski definition) is 0. The van der Waals surface area contributed by atoms with Crippen LogP contribution in [0.3, 0.4) is 0 Å². The van der Waals surface area contributed by atoms with E-state index in [-0.39, 0.29) is 0 Å². The van der Waals surface area contributed by atoms with E-state index in [4.69, 9.17) is 0 Å². The molecular formula is C7H12Br. The monoisotopic (exact) mass is 175 g/mol. The molecule has 0 unspecified atom stereocenters. The van der Waals surface area contributed by atoms with Crippen molar-refractivity contribution in [3.63, 3.8) is 0 Å². The van der Waals surface area contributed by atoms with Gasteiger partial charge in [-0.2, -0.15) is 0 Å². The molecule has 1 heteroatoms. The van der Waals surface area contributed by atoms with Gasteiger partial charge in [-0.1, -0.05) is 28.8 Å². The first-order valence-electron chi connectivity index (χ1n) is 3.33. The Morgan fingerprint density at radius 1 is 1.25 bits per heavy atom. The highest BCUT2D eigenvalue weighted by Crippen LogP contribution is 2.29. The minimum absolute atomic E-state index is 1.17. The third kappa shape index (κ3) is 1.77. The van der Waals surface area contributed by atoms with Crippen LogP contribution in [0.5, 0.6) is 0 Å². The molecule has 0 heterocycles. The highest BCUT2D eigenvalue weighted by molar-refractivity contribution is 9.09. The van der Waals surface area contributed by atoms with Crippen LogP contribution in [0.2, 0.25) is 0 Å². The molecule has 1 aliphatic rings. The lowest BCUT2D eigenvalue weighted by molar-refractivity contribution is 0.825. The van der Waals surface area contributed by atoms with Crippen LogP contribution >= 0.6 is 15.9 Å². The zero-order valence-electron chi connectivity index (χ0n) is 5.12. The topological polar surface area (TPSA) is 0 Å². The Morgan fingerprint density at radius 3 is 2.38 bits per heavy atom. The minimum Gasteiger partial charge on any atom is -0.0928 e. The maximum Gasteiger partial charge on any atom is 0.00367 e. The first kappa shape index (κ1) is 6.60. The third-order valence-corrected chi connectivity index (χ3v) is 2.16. The van der Waals surface area contributed by atoms with Gasteiger partial charge in [0.2, 0.25) is 0 Å². The third-order valence-electron chi connectivity index (χ3n) is 1.76. The first-order valence-corrected chi connectivity index (χ1v) is 4.45. The van der Waals surface area contributed by atoms with Crippen LogP contribution in [0.1, 0.15) is 32.1 Å². The van der Waals surface area contributed by atoms with Gasteiger partial charge in [-0.15, -0.1) is 0 Å². The molecule has 0 aromatic carbocycles. The Bertz CT molecular complexity index is 55.4. The van der Waals surface area contributed by atoms with Crippen LogP contribution in [0.25, 0.3) is 0 Å². The second kappa shape index (κ2) is 3.49. The summed E-state index contributed by atoms with van der Waals surface area (Å²) in [5, 5.41) is 1.17. The maximum absolute atomic E-state index is 3.44.